The highest BCUT2D eigenvalue weighted by atomic mass is 32.2. The van der Waals surface area contributed by atoms with E-state index >= 15 is 0 Å². The Hall–Kier alpha value is -2.55. The first-order valence-corrected chi connectivity index (χ1v) is 13.6. The Kier molecular flexibility index (Phi) is 8.70. The summed E-state index contributed by atoms with van der Waals surface area (Å²) >= 11 is 1.70. The molecular formula is C27H35N3O4S. The van der Waals surface area contributed by atoms with Crippen LogP contribution in [0.25, 0.3) is 0 Å². The first-order valence-electron chi connectivity index (χ1n) is 12.4. The van der Waals surface area contributed by atoms with Crippen LogP contribution in [0, 0.1) is 0 Å². The SMILES string of the molecule is CC[C@H]1OC[C@@H](O)Nc2ccc(CNC(=O)CCC(=O)N3CCC[C@@H]3c3ccccc3SC)cc21. The lowest BCUT2D eigenvalue weighted by molar-refractivity contribution is -0.134. The number of hydrogen-bond donors (Lipinski definition) is 3. The van der Waals surface area contributed by atoms with Crippen molar-refractivity contribution >= 4 is 29.3 Å². The van der Waals surface area contributed by atoms with Crippen molar-refractivity contribution in [3.63, 3.8) is 0 Å². The van der Waals surface area contributed by atoms with Gasteiger partial charge >= 0.3 is 0 Å². The van der Waals surface area contributed by atoms with Gasteiger partial charge in [-0.05, 0) is 54.8 Å². The summed E-state index contributed by atoms with van der Waals surface area (Å²) in [6.07, 6.45) is 4.33. The van der Waals surface area contributed by atoms with Crippen LogP contribution in [0.2, 0.25) is 0 Å². The molecule has 2 aromatic rings. The molecule has 2 heterocycles. The highest BCUT2D eigenvalue weighted by molar-refractivity contribution is 7.98. The molecule has 1 fully saturated rings. The number of thioether (sulfide) groups is 1. The third kappa shape index (κ3) is 6.18. The van der Waals surface area contributed by atoms with Gasteiger partial charge in [0.25, 0.3) is 0 Å². The number of nitrogens with one attached hydrogen (secondary N) is 2. The molecule has 0 bridgehead atoms. The van der Waals surface area contributed by atoms with E-state index in [1.807, 2.05) is 42.2 Å². The molecular weight excluding hydrogens is 462 g/mol. The number of aliphatic hydroxyl groups is 1. The van der Waals surface area contributed by atoms with Gasteiger partial charge < -0.3 is 25.4 Å². The molecule has 0 radical (unpaired) electrons. The van der Waals surface area contributed by atoms with Crippen LogP contribution in [-0.2, 0) is 20.9 Å². The Balaban J connectivity index is 1.31. The number of amides is 2. The quantitative estimate of drug-likeness (QED) is 0.469. The summed E-state index contributed by atoms with van der Waals surface area (Å²) in [7, 11) is 0. The van der Waals surface area contributed by atoms with E-state index in [-0.39, 0.29) is 43.4 Å². The van der Waals surface area contributed by atoms with Gasteiger partial charge in [-0.2, -0.15) is 0 Å². The van der Waals surface area contributed by atoms with Gasteiger partial charge in [0.2, 0.25) is 11.8 Å². The third-order valence-corrected chi connectivity index (χ3v) is 7.55. The first kappa shape index (κ1) is 25.5. The zero-order chi connectivity index (χ0) is 24.8. The van der Waals surface area contributed by atoms with Crippen LogP contribution in [-0.4, -0.2) is 47.5 Å². The monoisotopic (exact) mass is 497 g/mol. The summed E-state index contributed by atoms with van der Waals surface area (Å²) in [6.45, 7) is 3.40. The molecule has 8 heteroatoms. The van der Waals surface area contributed by atoms with Gasteiger partial charge in [0.15, 0.2) is 0 Å². The zero-order valence-corrected chi connectivity index (χ0v) is 21.3. The van der Waals surface area contributed by atoms with Crippen molar-refractivity contribution < 1.29 is 19.4 Å². The normalized spacial score (nSPS) is 21.7. The summed E-state index contributed by atoms with van der Waals surface area (Å²) < 4.78 is 5.80. The Morgan fingerprint density at radius 1 is 1.20 bits per heavy atom. The van der Waals surface area contributed by atoms with Crippen molar-refractivity contribution in [3.05, 3.63) is 59.2 Å². The van der Waals surface area contributed by atoms with E-state index in [0.717, 1.165) is 42.6 Å². The van der Waals surface area contributed by atoms with Gasteiger partial charge in [0.05, 0.1) is 18.8 Å². The van der Waals surface area contributed by atoms with Crippen LogP contribution < -0.4 is 10.6 Å². The Labute approximate surface area is 211 Å². The number of hydrogen-bond acceptors (Lipinski definition) is 6. The summed E-state index contributed by atoms with van der Waals surface area (Å²) in [5, 5.41) is 16.0. The smallest absolute Gasteiger partial charge is 0.223 e. The van der Waals surface area contributed by atoms with Crippen molar-refractivity contribution in [2.45, 2.75) is 68.8 Å². The Morgan fingerprint density at radius 3 is 2.83 bits per heavy atom. The molecule has 0 spiro atoms. The lowest BCUT2D eigenvalue weighted by Gasteiger charge is -2.26. The minimum Gasteiger partial charge on any atom is -0.371 e. The first-order chi connectivity index (χ1) is 17.0. The van der Waals surface area contributed by atoms with Crippen LogP contribution >= 0.6 is 11.8 Å². The van der Waals surface area contributed by atoms with Crippen LogP contribution in [0.5, 0.6) is 0 Å². The minimum absolute atomic E-state index is 0.0381. The van der Waals surface area contributed by atoms with Crippen molar-refractivity contribution in [3.8, 4) is 0 Å². The molecule has 0 unspecified atom stereocenters. The molecule has 4 rings (SSSR count). The molecule has 188 valence electrons. The van der Waals surface area contributed by atoms with Gasteiger partial charge in [-0.25, -0.2) is 0 Å². The van der Waals surface area contributed by atoms with Gasteiger partial charge in [0.1, 0.15) is 6.23 Å². The predicted octanol–water partition coefficient (Wildman–Crippen LogP) is 4.38. The fourth-order valence-electron chi connectivity index (χ4n) is 4.96. The molecule has 7 nitrogen and oxygen atoms in total. The summed E-state index contributed by atoms with van der Waals surface area (Å²) in [5.74, 6) is -0.0958. The Bertz CT molecular complexity index is 1050. The van der Waals surface area contributed by atoms with E-state index in [1.54, 1.807) is 11.8 Å². The zero-order valence-electron chi connectivity index (χ0n) is 20.5. The van der Waals surface area contributed by atoms with Crippen molar-refractivity contribution in [2.24, 2.45) is 0 Å². The molecule has 3 atom stereocenters. The number of benzene rings is 2. The summed E-state index contributed by atoms with van der Waals surface area (Å²) in [6, 6.07) is 14.2. The highest BCUT2D eigenvalue weighted by Gasteiger charge is 2.31. The number of anilines is 1. The number of aliphatic hydroxyl groups excluding tert-OH is 1. The number of rotatable bonds is 8. The van der Waals surface area contributed by atoms with E-state index in [1.165, 1.54) is 10.5 Å². The number of carbonyl (C=O) groups is 2. The number of ether oxygens (including phenoxy) is 1. The molecule has 2 amide bonds. The molecule has 1 saturated heterocycles. The van der Waals surface area contributed by atoms with Crippen LogP contribution in [0.15, 0.2) is 47.4 Å². The van der Waals surface area contributed by atoms with Crippen LogP contribution in [0.1, 0.15) is 67.9 Å². The maximum Gasteiger partial charge on any atom is 0.223 e. The summed E-state index contributed by atoms with van der Waals surface area (Å²) in [4.78, 5) is 28.7. The second-order valence-corrected chi connectivity index (χ2v) is 9.92. The standard InChI is InChI=1S/C27H35N3O4S/c1-3-23-20-15-18(10-11-21(20)29-26(32)17-34-23)16-28-25(31)12-13-27(33)30-14-6-8-22(30)19-7-4-5-9-24(19)35-2/h4-5,7,9-11,15,22-23,26,29,32H,3,6,8,12-14,16-17H2,1-2H3,(H,28,31)/t22-,23-,26-/m1/s1. The molecule has 2 aliphatic heterocycles. The van der Waals surface area contributed by atoms with E-state index in [0.29, 0.717) is 6.54 Å². The number of nitrogens with zero attached hydrogens (tertiary/aromatic N) is 1. The van der Waals surface area contributed by atoms with E-state index in [4.69, 9.17) is 4.74 Å². The van der Waals surface area contributed by atoms with Crippen LogP contribution in [0.4, 0.5) is 5.69 Å². The molecule has 3 N–H and O–H groups in total. The lowest BCUT2D eigenvalue weighted by atomic mass is 10.0. The number of fused-ring (bicyclic) bond motifs is 1. The van der Waals surface area contributed by atoms with Gasteiger partial charge in [-0.3, -0.25) is 9.59 Å². The maximum absolute atomic E-state index is 13.0. The molecule has 2 aliphatic rings. The highest BCUT2D eigenvalue weighted by Crippen LogP contribution is 2.37. The van der Waals surface area contributed by atoms with E-state index in [2.05, 4.69) is 29.0 Å². The average molecular weight is 498 g/mol. The minimum atomic E-state index is -0.738. The van der Waals surface area contributed by atoms with Gasteiger partial charge in [-0.1, -0.05) is 31.2 Å². The van der Waals surface area contributed by atoms with Crippen molar-refractivity contribution in [1.29, 1.82) is 0 Å². The number of carbonyl (C=O) groups excluding carboxylic acids is 2. The van der Waals surface area contributed by atoms with Gasteiger partial charge in [0, 0.05) is 42.1 Å². The fourth-order valence-corrected chi connectivity index (χ4v) is 5.61. The lowest BCUT2D eigenvalue weighted by Crippen LogP contribution is -2.32. The molecule has 2 aromatic carbocycles. The Morgan fingerprint density at radius 2 is 2.03 bits per heavy atom. The molecule has 0 aromatic heterocycles. The molecule has 0 saturated carbocycles. The van der Waals surface area contributed by atoms with Crippen molar-refractivity contribution in [1.82, 2.24) is 10.2 Å². The third-order valence-electron chi connectivity index (χ3n) is 6.74. The maximum atomic E-state index is 13.0. The average Bonchev–Trinajstić information content (AvgIpc) is 3.31. The topological polar surface area (TPSA) is 90.9 Å². The largest absolute Gasteiger partial charge is 0.371 e. The second kappa shape index (κ2) is 11.9. The fraction of sp³-hybridized carbons (Fsp3) is 0.481. The molecule has 35 heavy (non-hydrogen) atoms. The predicted molar refractivity (Wildman–Crippen MR) is 138 cm³/mol. The van der Waals surface area contributed by atoms with Crippen LogP contribution in [0.3, 0.4) is 0 Å². The van der Waals surface area contributed by atoms with E-state index in [9.17, 15) is 14.7 Å². The van der Waals surface area contributed by atoms with Gasteiger partial charge in [-0.15, -0.1) is 11.8 Å². The van der Waals surface area contributed by atoms with Crippen molar-refractivity contribution in [2.75, 3.05) is 24.7 Å². The number of likely N-dealkylation sites (tertiary alicyclic amines) is 1. The summed E-state index contributed by atoms with van der Waals surface area (Å²) in [5.41, 5.74) is 3.99. The molecule has 0 aliphatic carbocycles. The second-order valence-electron chi connectivity index (χ2n) is 9.08. The van der Waals surface area contributed by atoms with E-state index < -0.39 is 6.23 Å².